The third kappa shape index (κ3) is 2.62. The molecule has 6 rings (SSSR count). The molecule has 4 nitrogen and oxygen atoms in total. The minimum atomic E-state index is -0.428. The van der Waals surface area contributed by atoms with Gasteiger partial charge in [-0.15, -0.1) is 0 Å². The zero-order valence-electron chi connectivity index (χ0n) is 19.5. The number of hydrogen-bond donors (Lipinski definition) is 2. The van der Waals surface area contributed by atoms with Crippen molar-refractivity contribution in [3.8, 4) is 0 Å². The number of aliphatic hydroxyl groups is 2. The Labute approximate surface area is 187 Å². The first-order valence-electron chi connectivity index (χ1n) is 12.7. The van der Waals surface area contributed by atoms with Crippen molar-refractivity contribution in [3.05, 3.63) is 23.8 Å². The van der Waals surface area contributed by atoms with Gasteiger partial charge >= 0.3 is 0 Å². The standard InChI is InChI=1S/C27H40O4/c1-15-7-10-27(30-14-15)16(2)24-22(31-27)13-21-19-6-5-17-11-18(28)12-23(29)26(17,4)20(19)8-9-25(21,24)3/h5,16,18-24,28-29H,1,6-14H2,2-4H3/t16-,18-,19+,20-,21-,22-,23+,24-,25+,26+,27+/m1/s1. The number of fused-ring (bicyclic) bond motifs is 7. The van der Waals surface area contributed by atoms with Gasteiger partial charge in [0, 0.05) is 24.2 Å². The maximum atomic E-state index is 11.1. The van der Waals surface area contributed by atoms with Crippen LogP contribution in [0.5, 0.6) is 0 Å². The van der Waals surface area contributed by atoms with Crippen LogP contribution >= 0.6 is 0 Å². The molecule has 0 aromatic heterocycles. The summed E-state index contributed by atoms with van der Waals surface area (Å²) in [6.45, 7) is 12.0. The average molecular weight is 429 g/mol. The summed E-state index contributed by atoms with van der Waals surface area (Å²) in [5.74, 6) is 2.35. The smallest absolute Gasteiger partial charge is 0.172 e. The lowest BCUT2D eigenvalue weighted by molar-refractivity contribution is -0.255. The van der Waals surface area contributed by atoms with Crippen LogP contribution in [-0.4, -0.2) is 40.9 Å². The van der Waals surface area contributed by atoms with Crippen molar-refractivity contribution in [2.45, 2.75) is 96.2 Å². The van der Waals surface area contributed by atoms with E-state index in [2.05, 4.69) is 33.4 Å². The van der Waals surface area contributed by atoms with E-state index in [0.29, 0.717) is 48.7 Å². The van der Waals surface area contributed by atoms with E-state index >= 15 is 0 Å². The third-order valence-electron chi connectivity index (χ3n) is 11.2. The van der Waals surface area contributed by atoms with Crippen molar-refractivity contribution in [3.63, 3.8) is 0 Å². The molecule has 4 aliphatic carbocycles. The Morgan fingerprint density at radius 2 is 1.94 bits per heavy atom. The Morgan fingerprint density at radius 1 is 1.13 bits per heavy atom. The number of aliphatic hydroxyl groups excluding tert-OH is 2. The Kier molecular flexibility index (Phi) is 4.50. The number of hydrogen-bond acceptors (Lipinski definition) is 4. The summed E-state index contributed by atoms with van der Waals surface area (Å²) < 4.78 is 13.2. The lowest BCUT2D eigenvalue weighted by Gasteiger charge is -2.59. The highest BCUT2D eigenvalue weighted by Gasteiger charge is 2.69. The number of rotatable bonds is 0. The zero-order chi connectivity index (χ0) is 21.8. The van der Waals surface area contributed by atoms with Gasteiger partial charge < -0.3 is 19.7 Å². The lowest BCUT2D eigenvalue weighted by atomic mass is 9.46. The molecule has 0 aromatic rings. The van der Waals surface area contributed by atoms with Crippen LogP contribution in [0.25, 0.3) is 0 Å². The van der Waals surface area contributed by atoms with Gasteiger partial charge in [0.15, 0.2) is 5.79 Å². The van der Waals surface area contributed by atoms with Gasteiger partial charge in [0.1, 0.15) is 0 Å². The Balaban J connectivity index is 1.30. The Bertz CT molecular complexity index is 808. The fourth-order valence-corrected chi connectivity index (χ4v) is 9.55. The van der Waals surface area contributed by atoms with Crippen LogP contribution in [-0.2, 0) is 9.47 Å². The van der Waals surface area contributed by atoms with Crippen LogP contribution in [0, 0.1) is 40.4 Å². The predicted octanol–water partition coefficient (Wildman–Crippen LogP) is 4.60. The van der Waals surface area contributed by atoms with Crippen molar-refractivity contribution in [1.29, 1.82) is 0 Å². The van der Waals surface area contributed by atoms with Gasteiger partial charge in [-0.1, -0.05) is 44.6 Å². The fourth-order valence-electron chi connectivity index (χ4n) is 9.55. The maximum absolute atomic E-state index is 11.1. The van der Waals surface area contributed by atoms with Crippen molar-refractivity contribution < 1.29 is 19.7 Å². The normalized spacial score (nSPS) is 58.4. The fraction of sp³-hybridized carbons (Fsp3) is 0.852. The van der Waals surface area contributed by atoms with Crippen molar-refractivity contribution in [2.24, 2.45) is 40.4 Å². The molecule has 5 fully saturated rings. The Morgan fingerprint density at radius 3 is 2.68 bits per heavy atom. The van der Waals surface area contributed by atoms with Crippen molar-refractivity contribution in [2.75, 3.05) is 6.61 Å². The molecule has 0 unspecified atom stereocenters. The molecule has 0 bridgehead atoms. The maximum Gasteiger partial charge on any atom is 0.172 e. The summed E-state index contributed by atoms with van der Waals surface area (Å²) in [6, 6.07) is 0. The van der Waals surface area contributed by atoms with Gasteiger partial charge in [-0.2, -0.15) is 0 Å². The van der Waals surface area contributed by atoms with Crippen LogP contribution < -0.4 is 0 Å². The lowest BCUT2D eigenvalue weighted by Crippen LogP contribution is -2.56. The van der Waals surface area contributed by atoms with Crippen LogP contribution in [0.3, 0.4) is 0 Å². The topological polar surface area (TPSA) is 58.9 Å². The van der Waals surface area contributed by atoms with Gasteiger partial charge in [0.25, 0.3) is 0 Å². The SMILES string of the molecule is C=C1CC[C@]2(OC1)O[C@@H]1C[C@@H]3[C@H]4CC=C5C[C@@H](O)C[C@H](O)[C@]5(C)[C@@H]4CC[C@]3(C)[C@@H]1[C@H]2C. The van der Waals surface area contributed by atoms with Gasteiger partial charge in [-0.3, -0.25) is 0 Å². The summed E-state index contributed by atoms with van der Waals surface area (Å²) in [5, 5.41) is 21.4. The first-order chi connectivity index (χ1) is 14.7. The first-order valence-corrected chi connectivity index (χ1v) is 12.7. The molecule has 4 heteroatoms. The Hall–Kier alpha value is -0.680. The third-order valence-corrected chi connectivity index (χ3v) is 11.2. The van der Waals surface area contributed by atoms with Crippen molar-refractivity contribution in [1.82, 2.24) is 0 Å². The van der Waals surface area contributed by atoms with Crippen LogP contribution in [0.1, 0.15) is 72.1 Å². The molecule has 0 radical (unpaired) electrons. The van der Waals surface area contributed by atoms with Gasteiger partial charge in [-0.25, -0.2) is 0 Å². The van der Waals surface area contributed by atoms with E-state index in [1.54, 1.807) is 0 Å². The summed E-state index contributed by atoms with van der Waals surface area (Å²) in [5.41, 5.74) is 2.63. The molecule has 3 saturated carbocycles. The molecule has 6 aliphatic rings. The van der Waals surface area contributed by atoms with E-state index in [0.717, 1.165) is 32.1 Å². The van der Waals surface area contributed by atoms with Gasteiger partial charge in [0.05, 0.1) is 24.9 Å². The highest BCUT2D eigenvalue weighted by molar-refractivity contribution is 5.28. The quantitative estimate of drug-likeness (QED) is 0.554. The second-order valence-corrected chi connectivity index (χ2v) is 12.3. The molecule has 0 aromatic carbocycles. The molecule has 2 saturated heterocycles. The van der Waals surface area contributed by atoms with Crippen LogP contribution in [0.2, 0.25) is 0 Å². The highest BCUT2D eigenvalue weighted by Crippen LogP contribution is 2.70. The monoisotopic (exact) mass is 428 g/mol. The van der Waals surface area contributed by atoms with E-state index in [4.69, 9.17) is 9.47 Å². The second-order valence-electron chi connectivity index (χ2n) is 12.3. The summed E-state index contributed by atoms with van der Waals surface area (Å²) in [7, 11) is 0. The summed E-state index contributed by atoms with van der Waals surface area (Å²) in [6.07, 6.45) is 9.75. The first kappa shape index (κ1) is 20.9. The summed E-state index contributed by atoms with van der Waals surface area (Å²) >= 11 is 0. The van der Waals surface area contributed by atoms with E-state index < -0.39 is 11.9 Å². The largest absolute Gasteiger partial charge is 0.393 e. The van der Waals surface area contributed by atoms with E-state index in [1.807, 2.05) is 0 Å². The minimum absolute atomic E-state index is 0.165. The summed E-state index contributed by atoms with van der Waals surface area (Å²) in [4.78, 5) is 0. The van der Waals surface area contributed by atoms with Crippen LogP contribution in [0.4, 0.5) is 0 Å². The minimum Gasteiger partial charge on any atom is -0.393 e. The molecular formula is C27H40O4. The number of ether oxygens (including phenoxy) is 2. The number of allylic oxidation sites excluding steroid dienone is 1. The van der Waals surface area contributed by atoms with Crippen molar-refractivity contribution >= 4 is 0 Å². The van der Waals surface area contributed by atoms with Gasteiger partial charge in [0.2, 0.25) is 0 Å². The molecule has 11 atom stereocenters. The molecule has 2 heterocycles. The molecule has 2 aliphatic heterocycles. The molecular weight excluding hydrogens is 388 g/mol. The molecule has 2 N–H and O–H groups in total. The molecule has 0 amide bonds. The van der Waals surface area contributed by atoms with E-state index in [1.165, 1.54) is 24.0 Å². The van der Waals surface area contributed by atoms with Gasteiger partial charge in [-0.05, 0) is 67.6 Å². The van der Waals surface area contributed by atoms with E-state index in [9.17, 15) is 10.2 Å². The molecule has 1 spiro atoms. The van der Waals surface area contributed by atoms with E-state index in [-0.39, 0.29) is 16.9 Å². The van der Waals surface area contributed by atoms with Crippen LogP contribution in [0.15, 0.2) is 23.8 Å². The average Bonchev–Trinajstić information content (AvgIpc) is 3.16. The highest BCUT2D eigenvalue weighted by atomic mass is 16.7. The molecule has 172 valence electrons. The predicted molar refractivity (Wildman–Crippen MR) is 119 cm³/mol. The zero-order valence-corrected chi connectivity index (χ0v) is 19.5. The second kappa shape index (κ2) is 6.68. The molecule has 31 heavy (non-hydrogen) atoms.